The fourth-order valence-electron chi connectivity index (χ4n) is 1.86. The lowest BCUT2D eigenvalue weighted by Crippen LogP contribution is -2.00. The van der Waals surface area contributed by atoms with Gasteiger partial charge in [0.25, 0.3) is 0 Å². The van der Waals surface area contributed by atoms with Crippen molar-refractivity contribution in [2.45, 2.75) is 19.8 Å². The molecule has 0 aromatic carbocycles. The number of hydrogen-bond donors (Lipinski definition) is 1. The van der Waals surface area contributed by atoms with Gasteiger partial charge in [-0.15, -0.1) is 0 Å². The number of H-pyrrole nitrogens is 1. The first-order valence-corrected chi connectivity index (χ1v) is 6.24. The van der Waals surface area contributed by atoms with E-state index in [2.05, 4.69) is 21.9 Å². The van der Waals surface area contributed by atoms with Gasteiger partial charge in [0.2, 0.25) is 0 Å². The second kappa shape index (κ2) is 5.73. The van der Waals surface area contributed by atoms with Crippen molar-refractivity contribution in [3.8, 4) is 17.1 Å². The highest BCUT2D eigenvalue weighted by molar-refractivity contribution is 7.71. The molecule has 0 amide bonds. The summed E-state index contributed by atoms with van der Waals surface area (Å²) in [6.45, 7) is 2.11. The van der Waals surface area contributed by atoms with Gasteiger partial charge in [0.15, 0.2) is 0 Å². The minimum Gasteiger partial charge on any atom is -0.494 e. The van der Waals surface area contributed by atoms with Crippen LogP contribution in [0, 0.1) is 4.64 Å². The van der Waals surface area contributed by atoms with Crippen molar-refractivity contribution in [3.05, 3.63) is 34.9 Å². The van der Waals surface area contributed by atoms with Gasteiger partial charge < -0.3 is 9.72 Å². The summed E-state index contributed by atoms with van der Waals surface area (Å²) in [4.78, 5) is 11.6. The largest absolute Gasteiger partial charge is 0.494 e. The van der Waals surface area contributed by atoms with Crippen molar-refractivity contribution in [2.24, 2.45) is 0 Å². The maximum absolute atomic E-state index is 5.34. The molecule has 4 nitrogen and oxygen atoms in total. The Labute approximate surface area is 111 Å². The molecule has 0 atom stereocenters. The van der Waals surface area contributed by atoms with Crippen LogP contribution in [0.15, 0.2) is 24.7 Å². The third kappa shape index (κ3) is 2.41. The Bertz CT molecular complexity index is 595. The van der Waals surface area contributed by atoms with Gasteiger partial charge in [-0.1, -0.05) is 25.6 Å². The van der Waals surface area contributed by atoms with Gasteiger partial charge in [-0.2, -0.15) is 0 Å². The van der Waals surface area contributed by atoms with Crippen LogP contribution in [0.1, 0.15) is 18.9 Å². The van der Waals surface area contributed by atoms with E-state index >= 15 is 0 Å². The van der Waals surface area contributed by atoms with Gasteiger partial charge in [-0.25, -0.2) is 4.98 Å². The van der Waals surface area contributed by atoms with Crippen LogP contribution >= 0.6 is 12.2 Å². The van der Waals surface area contributed by atoms with Crippen molar-refractivity contribution in [1.29, 1.82) is 0 Å². The van der Waals surface area contributed by atoms with Crippen LogP contribution < -0.4 is 4.74 Å². The summed E-state index contributed by atoms with van der Waals surface area (Å²) in [7, 11) is 1.63. The smallest absolute Gasteiger partial charge is 0.146 e. The molecule has 2 heterocycles. The Morgan fingerprint density at radius 2 is 2.22 bits per heavy atom. The fourth-order valence-corrected chi connectivity index (χ4v) is 2.12. The van der Waals surface area contributed by atoms with Gasteiger partial charge in [-0.3, -0.25) is 4.98 Å². The maximum atomic E-state index is 5.34. The van der Waals surface area contributed by atoms with Crippen LogP contribution in [-0.2, 0) is 6.42 Å². The molecule has 2 aromatic heterocycles. The van der Waals surface area contributed by atoms with E-state index in [0.717, 1.165) is 35.5 Å². The average Bonchev–Trinajstić information content (AvgIpc) is 2.41. The first kappa shape index (κ1) is 12.7. The topological polar surface area (TPSA) is 50.8 Å². The number of rotatable bonds is 4. The Kier molecular flexibility index (Phi) is 4.04. The van der Waals surface area contributed by atoms with Crippen LogP contribution in [0.2, 0.25) is 0 Å². The summed E-state index contributed by atoms with van der Waals surface area (Å²) in [6.07, 6.45) is 5.22. The van der Waals surface area contributed by atoms with E-state index in [9.17, 15) is 0 Å². The van der Waals surface area contributed by atoms with Crippen LogP contribution in [0.4, 0.5) is 0 Å². The van der Waals surface area contributed by atoms with E-state index in [4.69, 9.17) is 17.0 Å². The Morgan fingerprint density at radius 3 is 2.94 bits per heavy atom. The number of nitrogens with zero attached hydrogens (tertiary/aromatic N) is 2. The lowest BCUT2D eigenvalue weighted by molar-refractivity contribution is 0.414. The van der Waals surface area contributed by atoms with Crippen LogP contribution in [-0.4, -0.2) is 22.1 Å². The molecule has 0 saturated heterocycles. The van der Waals surface area contributed by atoms with Gasteiger partial charge in [-0.05, 0) is 18.6 Å². The zero-order chi connectivity index (χ0) is 13.0. The number of aromatic amines is 1. The first-order valence-electron chi connectivity index (χ1n) is 5.83. The zero-order valence-corrected chi connectivity index (χ0v) is 11.3. The van der Waals surface area contributed by atoms with E-state index in [-0.39, 0.29) is 0 Å². The summed E-state index contributed by atoms with van der Waals surface area (Å²) in [6, 6.07) is 3.73. The van der Waals surface area contributed by atoms with Crippen molar-refractivity contribution >= 4 is 12.2 Å². The fraction of sp³-hybridized carbons (Fsp3) is 0.308. The van der Waals surface area contributed by atoms with E-state index < -0.39 is 0 Å². The summed E-state index contributed by atoms with van der Waals surface area (Å²) in [5.74, 6) is 0.728. The summed E-state index contributed by atoms with van der Waals surface area (Å²) in [5, 5.41) is 0. The number of hydrogen-bond acceptors (Lipinski definition) is 4. The molecule has 18 heavy (non-hydrogen) atoms. The number of ether oxygens (including phenoxy) is 1. The normalized spacial score (nSPS) is 10.3. The lowest BCUT2D eigenvalue weighted by atomic mass is 10.1. The van der Waals surface area contributed by atoms with Crippen LogP contribution in [0.5, 0.6) is 5.75 Å². The third-order valence-corrected chi connectivity index (χ3v) is 3.03. The van der Waals surface area contributed by atoms with Crippen molar-refractivity contribution < 1.29 is 4.74 Å². The second-order valence-electron chi connectivity index (χ2n) is 3.87. The Balaban J connectivity index is 2.63. The van der Waals surface area contributed by atoms with Crippen LogP contribution in [0.3, 0.4) is 0 Å². The molecule has 2 aromatic rings. The minimum atomic E-state index is 0.623. The van der Waals surface area contributed by atoms with E-state index in [1.807, 2.05) is 12.1 Å². The highest BCUT2D eigenvalue weighted by Crippen LogP contribution is 2.28. The highest BCUT2D eigenvalue weighted by Gasteiger charge is 2.13. The molecule has 0 bridgehead atoms. The predicted molar refractivity (Wildman–Crippen MR) is 73.2 cm³/mol. The van der Waals surface area contributed by atoms with Gasteiger partial charge in [0, 0.05) is 11.8 Å². The second-order valence-corrected chi connectivity index (χ2v) is 4.25. The molecule has 2 rings (SSSR count). The highest BCUT2D eigenvalue weighted by atomic mass is 32.1. The van der Waals surface area contributed by atoms with E-state index in [0.29, 0.717) is 4.64 Å². The average molecular weight is 261 g/mol. The van der Waals surface area contributed by atoms with Gasteiger partial charge >= 0.3 is 0 Å². The zero-order valence-electron chi connectivity index (χ0n) is 10.4. The Hall–Kier alpha value is -1.75. The quantitative estimate of drug-likeness (QED) is 0.859. The SMILES string of the molecule is CCCc1c(-c2ncccc2OC)[nH]cnc1=S. The molecule has 0 spiro atoms. The predicted octanol–water partition coefficient (Wildman–Crippen LogP) is 3.16. The van der Waals surface area contributed by atoms with E-state index in [1.54, 1.807) is 19.6 Å². The molecule has 0 radical (unpaired) electrons. The summed E-state index contributed by atoms with van der Waals surface area (Å²) < 4.78 is 5.96. The number of methoxy groups -OCH3 is 1. The van der Waals surface area contributed by atoms with Crippen molar-refractivity contribution in [3.63, 3.8) is 0 Å². The number of aromatic nitrogens is 3. The molecule has 5 heteroatoms. The van der Waals surface area contributed by atoms with Crippen molar-refractivity contribution in [1.82, 2.24) is 15.0 Å². The molecular formula is C13H15N3OS. The molecule has 0 aliphatic rings. The Morgan fingerprint density at radius 1 is 1.39 bits per heavy atom. The third-order valence-electron chi connectivity index (χ3n) is 2.68. The molecule has 94 valence electrons. The number of nitrogens with one attached hydrogen (secondary N) is 1. The molecule has 0 unspecified atom stereocenters. The first-order chi connectivity index (χ1) is 8.77. The lowest BCUT2D eigenvalue weighted by Gasteiger charge is -2.11. The standard InChI is InChI=1S/C13H15N3OS/c1-3-5-9-11(15-8-16-13(9)18)12-10(17-2)6-4-7-14-12/h4,6-8H,3,5H2,1-2H3,(H,15,16,18). The van der Waals surface area contributed by atoms with E-state index in [1.165, 1.54) is 0 Å². The molecule has 0 saturated carbocycles. The van der Waals surface area contributed by atoms with Crippen LogP contribution in [0.25, 0.3) is 11.4 Å². The minimum absolute atomic E-state index is 0.623. The van der Waals surface area contributed by atoms with Gasteiger partial charge in [0.1, 0.15) is 16.1 Å². The molecule has 0 fully saturated rings. The summed E-state index contributed by atoms with van der Waals surface area (Å²) >= 11 is 5.28. The van der Waals surface area contributed by atoms with Crippen molar-refractivity contribution in [2.75, 3.05) is 7.11 Å². The molecular weight excluding hydrogens is 246 g/mol. The number of pyridine rings is 1. The summed E-state index contributed by atoms with van der Waals surface area (Å²) in [5.41, 5.74) is 2.69. The monoisotopic (exact) mass is 261 g/mol. The maximum Gasteiger partial charge on any atom is 0.146 e. The molecule has 0 aliphatic carbocycles. The molecule has 1 N–H and O–H groups in total. The van der Waals surface area contributed by atoms with Gasteiger partial charge in [0.05, 0.1) is 19.1 Å². The molecule has 0 aliphatic heterocycles.